The van der Waals surface area contributed by atoms with Crippen molar-refractivity contribution >= 4 is 5.97 Å². The molecule has 1 aliphatic rings. The van der Waals surface area contributed by atoms with Gasteiger partial charge in [0.15, 0.2) is 0 Å². The van der Waals surface area contributed by atoms with Crippen LogP contribution < -0.4 is 4.74 Å². The standard InChI is InChI=1S/C16H23NO4/c1-12-5-4-6-13(2)16(12)21-11-14-9-17(7-8-20-14)10-15(18)19-3/h4-6,14H,7-11H2,1-3H3/t14-/m1/s1. The van der Waals surface area contributed by atoms with E-state index in [1.54, 1.807) is 0 Å². The van der Waals surface area contributed by atoms with E-state index < -0.39 is 0 Å². The van der Waals surface area contributed by atoms with E-state index in [2.05, 4.69) is 0 Å². The maximum absolute atomic E-state index is 11.3. The van der Waals surface area contributed by atoms with Gasteiger partial charge in [0.25, 0.3) is 0 Å². The Kier molecular flexibility index (Phi) is 5.59. The summed E-state index contributed by atoms with van der Waals surface area (Å²) in [6, 6.07) is 6.09. The van der Waals surface area contributed by atoms with E-state index in [1.807, 2.05) is 36.9 Å². The molecule has 21 heavy (non-hydrogen) atoms. The van der Waals surface area contributed by atoms with Crippen LogP contribution >= 0.6 is 0 Å². The third-order valence-corrected chi connectivity index (χ3v) is 3.63. The van der Waals surface area contributed by atoms with Crippen molar-refractivity contribution < 1.29 is 19.0 Å². The highest BCUT2D eigenvalue weighted by molar-refractivity contribution is 5.71. The molecule has 0 aliphatic carbocycles. The smallest absolute Gasteiger partial charge is 0.319 e. The van der Waals surface area contributed by atoms with Gasteiger partial charge >= 0.3 is 5.97 Å². The van der Waals surface area contributed by atoms with Gasteiger partial charge in [-0.25, -0.2) is 0 Å². The second kappa shape index (κ2) is 7.43. The van der Waals surface area contributed by atoms with Crippen molar-refractivity contribution in [2.75, 3.05) is 40.0 Å². The number of esters is 1. The van der Waals surface area contributed by atoms with Crippen molar-refractivity contribution in [3.8, 4) is 5.75 Å². The summed E-state index contributed by atoms with van der Waals surface area (Å²) in [5.41, 5.74) is 2.24. The summed E-state index contributed by atoms with van der Waals surface area (Å²) in [6.45, 7) is 6.90. The Morgan fingerprint density at radius 3 is 2.76 bits per heavy atom. The van der Waals surface area contributed by atoms with Crippen LogP contribution in [0.4, 0.5) is 0 Å². The number of nitrogens with zero attached hydrogens (tertiary/aromatic N) is 1. The summed E-state index contributed by atoms with van der Waals surface area (Å²) in [7, 11) is 1.41. The van der Waals surface area contributed by atoms with Crippen LogP contribution in [0.15, 0.2) is 18.2 Å². The first-order chi connectivity index (χ1) is 10.1. The molecule has 1 heterocycles. The molecular weight excluding hydrogens is 270 g/mol. The number of ether oxygens (including phenoxy) is 3. The summed E-state index contributed by atoms with van der Waals surface area (Å²) < 4.78 is 16.3. The highest BCUT2D eigenvalue weighted by atomic mass is 16.5. The lowest BCUT2D eigenvalue weighted by Gasteiger charge is -2.32. The summed E-state index contributed by atoms with van der Waals surface area (Å²) in [5, 5.41) is 0. The van der Waals surface area contributed by atoms with Gasteiger partial charge < -0.3 is 14.2 Å². The van der Waals surface area contributed by atoms with Gasteiger partial charge in [-0.2, -0.15) is 0 Å². The van der Waals surface area contributed by atoms with E-state index in [0.717, 1.165) is 23.4 Å². The molecule has 5 nitrogen and oxygen atoms in total. The average molecular weight is 293 g/mol. The van der Waals surface area contributed by atoms with E-state index in [4.69, 9.17) is 14.2 Å². The first-order valence-corrected chi connectivity index (χ1v) is 7.20. The first kappa shape index (κ1) is 15.8. The number of para-hydroxylation sites is 1. The Balaban J connectivity index is 1.87. The molecule has 1 aromatic rings. The normalized spacial score (nSPS) is 19.3. The van der Waals surface area contributed by atoms with E-state index in [0.29, 0.717) is 26.3 Å². The lowest BCUT2D eigenvalue weighted by molar-refractivity contribution is -0.144. The zero-order valence-corrected chi connectivity index (χ0v) is 12.9. The molecule has 1 aromatic carbocycles. The molecule has 0 radical (unpaired) electrons. The van der Waals surface area contributed by atoms with Gasteiger partial charge in [-0.05, 0) is 25.0 Å². The highest BCUT2D eigenvalue weighted by Gasteiger charge is 2.23. The highest BCUT2D eigenvalue weighted by Crippen LogP contribution is 2.22. The number of aryl methyl sites for hydroxylation is 2. The fourth-order valence-electron chi connectivity index (χ4n) is 2.48. The van der Waals surface area contributed by atoms with Gasteiger partial charge in [0.05, 0.1) is 20.3 Å². The zero-order chi connectivity index (χ0) is 15.2. The van der Waals surface area contributed by atoms with E-state index in [9.17, 15) is 4.79 Å². The molecule has 0 saturated carbocycles. The molecule has 1 aliphatic heterocycles. The van der Waals surface area contributed by atoms with E-state index in [1.165, 1.54) is 7.11 Å². The number of hydrogen-bond donors (Lipinski definition) is 0. The van der Waals surface area contributed by atoms with Crippen molar-refractivity contribution in [1.82, 2.24) is 4.90 Å². The number of methoxy groups -OCH3 is 1. The maximum Gasteiger partial charge on any atom is 0.319 e. The molecule has 116 valence electrons. The number of benzene rings is 1. The Bertz CT molecular complexity index is 469. The topological polar surface area (TPSA) is 48.0 Å². The molecule has 2 rings (SSSR count). The average Bonchev–Trinajstić information content (AvgIpc) is 2.47. The first-order valence-electron chi connectivity index (χ1n) is 7.20. The minimum Gasteiger partial charge on any atom is -0.490 e. The van der Waals surface area contributed by atoms with Crippen molar-refractivity contribution in [3.05, 3.63) is 29.3 Å². The number of carbonyl (C=O) groups is 1. The predicted octanol–water partition coefficient (Wildman–Crippen LogP) is 1.56. The van der Waals surface area contributed by atoms with Gasteiger partial charge in [-0.1, -0.05) is 18.2 Å². The largest absolute Gasteiger partial charge is 0.490 e. The molecule has 0 N–H and O–H groups in total. The van der Waals surface area contributed by atoms with Crippen molar-refractivity contribution in [1.29, 1.82) is 0 Å². The van der Waals surface area contributed by atoms with Crippen molar-refractivity contribution in [2.24, 2.45) is 0 Å². The van der Waals surface area contributed by atoms with Gasteiger partial charge in [0.2, 0.25) is 0 Å². The lowest BCUT2D eigenvalue weighted by Crippen LogP contribution is -2.46. The molecule has 0 aromatic heterocycles. The molecule has 0 amide bonds. The quantitative estimate of drug-likeness (QED) is 0.771. The van der Waals surface area contributed by atoms with Crippen LogP contribution in [0.2, 0.25) is 0 Å². The molecule has 1 fully saturated rings. The lowest BCUT2D eigenvalue weighted by atomic mass is 10.1. The summed E-state index contributed by atoms with van der Waals surface area (Å²) in [6.07, 6.45) is -0.0255. The number of rotatable bonds is 5. The van der Waals surface area contributed by atoms with Crippen LogP contribution in [-0.2, 0) is 14.3 Å². The van der Waals surface area contributed by atoms with Gasteiger partial charge in [-0.3, -0.25) is 9.69 Å². The monoisotopic (exact) mass is 293 g/mol. The van der Waals surface area contributed by atoms with Crippen LogP contribution in [0, 0.1) is 13.8 Å². The fraction of sp³-hybridized carbons (Fsp3) is 0.562. The van der Waals surface area contributed by atoms with Gasteiger partial charge in [0, 0.05) is 13.1 Å². The third-order valence-electron chi connectivity index (χ3n) is 3.63. The second-order valence-electron chi connectivity index (χ2n) is 5.34. The van der Waals surface area contributed by atoms with Crippen LogP contribution in [0.1, 0.15) is 11.1 Å². The Hall–Kier alpha value is -1.59. The predicted molar refractivity (Wildman–Crippen MR) is 79.6 cm³/mol. The van der Waals surface area contributed by atoms with E-state index >= 15 is 0 Å². The third kappa shape index (κ3) is 4.44. The fourth-order valence-corrected chi connectivity index (χ4v) is 2.48. The Morgan fingerprint density at radius 1 is 1.38 bits per heavy atom. The van der Waals surface area contributed by atoms with E-state index in [-0.39, 0.29) is 12.1 Å². The van der Waals surface area contributed by atoms with Crippen molar-refractivity contribution in [2.45, 2.75) is 20.0 Å². The van der Waals surface area contributed by atoms with Crippen molar-refractivity contribution in [3.63, 3.8) is 0 Å². The molecule has 1 atom stereocenters. The van der Waals surface area contributed by atoms with Crippen LogP contribution in [-0.4, -0.2) is 56.9 Å². The number of morpholine rings is 1. The molecule has 0 unspecified atom stereocenters. The molecule has 5 heteroatoms. The van der Waals surface area contributed by atoms with Gasteiger partial charge in [-0.15, -0.1) is 0 Å². The van der Waals surface area contributed by atoms with Crippen LogP contribution in [0.25, 0.3) is 0 Å². The summed E-state index contributed by atoms with van der Waals surface area (Å²) in [5.74, 6) is 0.706. The molecule has 1 saturated heterocycles. The summed E-state index contributed by atoms with van der Waals surface area (Å²) in [4.78, 5) is 13.4. The van der Waals surface area contributed by atoms with Crippen LogP contribution in [0.5, 0.6) is 5.75 Å². The van der Waals surface area contributed by atoms with Gasteiger partial charge in [0.1, 0.15) is 18.5 Å². The maximum atomic E-state index is 11.3. The Morgan fingerprint density at radius 2 is 2.10 bits per heavy atom. The SMILES string of the molecule is COC(=O)CN1CCO[C@@H](COc2c(C)cccc2C)C1. The molecular formula is C16H23NO4. The number of hydrogen-bond acceptors (Lipinski definition) is 5. The zero-order valence-electron chi connectivity index (χ0n) is 12.9. The number of carbonyl (C=O) groups excluding carboxylic acids is 1. The minimum atomic E-state index is -0.216. The van der Waals surface area contributed by atoms with Crippen LogP contribution in [0.3, 0.4) is 0 Å². The minimum absolute atomic E-state index is 0.0255. The molecule has 0 bridgehead atoms. The Labute approximate surface area is 125 Å². The second-order valence-corrected chi connectivity index (χ2v) is 5.34. The molecule has 0 spiro atoms. The summed E-state index contributed by atoms with van der Waals surface area (Å²) >= 11 is 0.